The number of esters is 1. The van der Waals surface area contributed by atoms with E-state index in [1.807, 2.05) is 18.4 Å². The number of aryl methyl sites for hydroxylation is 1. The first-order valence-corrected chi connectivity index (χ1v) is 10.1. The molecule has 0 aliphatic rings. The molecule has 3 rings (SSSR count). The highest BCUT2D eigenvalue weighted by molar-refractivity contribution is 6.04. The number of hydrogen-bond donors (Lipinski definition) is 0. The molecule has 0 amide bonds. The molecule has 0 aliphatic carbocycles. The first-order chi connectivity index (χ1) is 14.8. The van der Waals surface area contributed by atoms with Gasteiger partial charge in [0, 0.05) is 36.0 Å². The summed E-state index contributed by atoms with van der Waals surface area (Å²) in [4.78, 5) is 38.2. The number of hydrogen-bond acceptors (Lipinski definition) is 6. The lowest BCUT2D eigenvalue weighted by Gasteiger charge is -2.13. The normalized spacial score (nSPS) is 11.3. The van der Waals surface area contributed by atoms with Gasteiger partial charge in [0.2, 0.25) is 5.78 Å². The summed E-state index contributed by atoms with van der Waals surface area (Å²) in [5.41, 5.74) is 1.98. The topological polar surface area (TPSA) is 92.4 Å². The lowest BCUT2D eigenvalue weighted by Crippen LogP contribution is -2.28. The van der Waals surface area contributed by atoms with E-state index in [0.717, 1.165) is 11.4 Å². The van der Waals surface area contributed by atoms with Crippen LogP contribution in [-0.4, -0.2) is 46.4 Å². The van der Waals surface area contributed by atoms with E-state index in [4.69, 9.17) is 9.47 Å². The minimum Gasteiger partial charge on any atom is -0.452 e. The van der Waals surface area contributed by atoms with E-state index in [1.54, 1.807) is 51.3 Å². The molecule has 31 heavy (non-hydrogen) atoms. The Morgan fingerprint density at radius 3 is 2.45 bits per heavy atom. The summed E-state index contributed by atoms with van der Waals surface area (Å²) in [6, 6.07) is 8.30. The van der Waals surface area contributed by atoms with Gasteiger partial charge in [0.1, 0.15) is 0 Å². The first kappa shape index (κ1) is 22.4. The summed E-state index contributed by atoms with van der Waals surface area (Å²) in [7, 11) is 1.62. The van der Waals surface area contributed by atoms with Crippen LogP contribution in [0.25, 0.3) is 10.8 Å². The number of methoxy groups -OCH3 is 1. The molecule has 8 heteroatoms. The van der Waals surface area contributed by atoms with Crippen LogP contribution < -0.4 is 5.56 Å². The third-order valence-corrected chi connectivity index (χ3v) is 5.24. The lowest BCUT2D eigenvalue weighted by atomic mass is 10.1. The predicted octanol–water partition coefficient (Wildman–Crippen LogP) is 3.08. The minimum absolute atomic E-state index is 0.0160. The van der Waals surface area contributed by atoms with Crippen molar-refractivity contribution in [2.24, 2.45) is 0 Å². The molecule has 0 spiro atoms. The van der Waals surface area contributed by atoms with Crippen molar-refractivity contribution in [3.63, 3.8) is 0 Å². The number of fused-ring (bicyclic) bond motifs is 1. The minimum atomic E-state index is -0.743. The number of rotatable bonds is 8. The van der Waals surface area contributed by atoms with Gasteiger partial charge in [-0.1, -0.05) is 18.2 Å². The Morgan fingerprint density at radius 2 is 1.81 bits per heavy atom. The number of nitrogens with zero attached hydrogens (tertiary/aromatic N) is 3. The van der Waals surface area contributed by atoms with Crippen LogP contribution >= 0.6 is 0 Å². The van der Waals surface area contributed by atoms with Crippen LogP contribution in [0.3, 0.4) is 0 Å². The molecule has 0 fully saturated rings. The Hall–Kier alpha value is -3.26. The molecule has 0 saturated carbocycles. The Bertz CT molecular complexity index is 1190. The maximum Gasteiger partial charge on any atom is 0.359 e. The first-order valence-electron chi connectivity index (χ1n) is 10.1. The largest absolute Gasteiger partial charge is 0.452 e. The van der Waals surface area contributed by atoms with E-state index in [1.165, 1.54) is 4.68 Å². The Morgan fingerprint density at radius 1 is 1.13 bits per heavy atom. The molecule has 0 saturated heterocycles. The van der Waals surface area contributed by atoms with Crippen LogP contribution in [0, 0.1) is 13.8 Å². The van der Waals surface area contributed by atoms with Crippen LogP contribution in [0.4, 0.5) is 0 Å². The second-order valence-corrected chi connectivity index (χ2v) is 7.67. The van der Waals surface area contributed by atoms with Gasteiger partial charge in [-0.2, -0.15) is 5.10 Å². The number of ether oxygens (including phenoxy) is 2. The summed E-state index contributed by atoms with van der Waals surface area (Å²) in [5.74, 6) is -1.04. The maximum absolute atomic E-state index is 12.8. The second kappa shape index (κ2) is 9.26. The Kier molecular flexibility index (Phi) is 6.70. The van der Waals surface area contributed by atoms with Gasteiger partial charge in [-0.25, -0.2) is 9.48 Å². The molecule has 0 radical (unpaired) electrons. The molecule has 8 nitrogen and oxygen atoms in total. The fraction of sp³-hybridized carbons (Fsp3) is 0.391. The molecule has 0 bridgehead atoms. The monoisotopic (exact) mass is 425 g/mol. The van der Waals surface area contributed by atoms with Crippen LogP contribution in [0.1, 0.15) is 52.1 Å². The number of carbonyl (C=O) groups is 2. The van der Waals surface area contributed by atoms with E-state index >= 15 is 0 Å². The van der Waals surface area contributed by atoms with Gasteiger partial charge < -0.3 is 14.0 Å². The van der Waals surface area contributed by atoms with Crippen LogP contribution in [0.2, 0.25) is 0 Å². The van der Waals surface area contributed by atoms with Crippen molar-refractivity contribution in [2.75, 3.05) is 20.3 Å². The molecule has 0 aliphatic heterocycles. The van der Waals surface area contributed by atoms with Crippen molar-refractivity contribution in [3.8, 4) is 0 Å². The van der Waals surface area contributed by atoms with E-state index in [0.29, 0.717) is 29.5 Å². The van der Waals surface area contributed by atoms with Crippen molar-refractivity contribution in [2.45, 2.75) is 40.3 Å². The average molecular weight is 425 g/mol. The van der Waals surface area contributed by atoms with E-state index in [2.05, 4.69) is 5.10 Å². The molecule has 3 aromatic rings. The van der Waals surface area contributed by atoms with Crippen molar-refractivity contribution < 1.29 is 19.1 Å². The number of benzene rings is 1. The van der Waals surface area contributed by atoms with Crippen LogP contribution in [0.5, 0.6) is 0 Å². The summed E-state index contributed by atoms with van der Waals surface area (Å²) in [5, 5.41) is 5.00. The van der Waals surface area contributed by atoms with E-state index in [9.17, 15) is 14.4 Å². The summed E-state index contributed by atoms with van der Waals surface area (Å²) < 4.78 is 13.7. The zero-order valence-corrected chi connectivity index (χ0v) is 18.5. The van der Waals surface area contributed by atoms with Crippen molar-refractivity contribution in [1.82, 2.24) is 14.3 Å². The highest BCUT2D eigenvalue weighted by atomic mass is 16.5. The van der Waals surface area contributed by atoms with Crippen LogP contribution in [-0.2, 0) is 16.0 Å². The van der Waals surface area contributed by atoms with Gasteiger partial charge in [0.05, 0.1) is 18.0 Å². The lowest BCUT2D eigenvalue weighted by molar-refractivity contribution is 0.0468. The van der Waals surface area contributed by atoms with Crippen LogP contribution in [0.15, 0.2) is 35.1 Å². The quantitative estimate of drug-likeness (QED) is 0.407. The molecule has 0 N–H and O–H groups in total. The predicted molar refractivity (Wildman–Crippen MR) is 117 cm³/mol. The van der Waals surface area contributed by atoms with Crippen molar-refractivity contribution in [1.29, 1.82) is 0 Å². The number of Topliss-reactive ketones (excluding diaryl/α,β-unsaturated/α-hetero) is 1. The third kappa shape index (κ3) is 4.44. The number of aromatic nitrogens is 3. The second-order valence-electron chi connectivity index (χ2n) is 7.67. The van der Waals surface area contributed by atoms with Crippen molar-refractivity contribution in [3.05, 3.63) is 63.3 Å². The molecule has 164 valence electrons. The summed E-state index contributed by atoms with van der Waals surface area (Å²) in [6.07, 6.45) is 0. The summed E-state index contributed by atoms with van der Waals surface area (Å²) >= 11 is 0. The van der Waals surface area contributed by atoms with Gasteiger partial charge in [-0.3, -0.25) is 9.59 Å². The fourth-order valence-corrected chi connectivity index (χ4v) is 3.59. The Labute approximate surface area is 180 Å². The van der Waals surface area contributed by atoms with E-state index < -0.39 is 12.6 Å². The zero-order chi connectivity index (χ0) is 22.7. The van der Waals surface area contributed by atoms with Crippen molar-refractivity contribution >= 4 is 22.5 Å². The SMILES string of the molecule is COCCn1c(C)cc(C(=O)COC(=O)c2nn(C(C)C)c(=O)c3ccccc23)c1C. The summed E-state index contributed by atoms with van der Waals surface area (Å²) in [6.45, 7) is 8.13. The zero-order valence-electron chi connectivity index (χ0n) is 18.5. The molecule has 1 aromatic carbocycles. The number of carbonyl (C=O) groups excluding carboxylic acids is 2. The maximum atomic E-state index is 12.8. The highest BCUT2D eigenvalue weighted by Crippen LogP contribution is 2.18. The molecule has 2 aromatic heterocycles. The van der Waals surface area contributed by atoms with Gasteiger partial charge in [-0.15, -0.1) is 0 Å². The molecule has 0 atom stereocenters. The van der Waals surface area contributed by atoms with Gasteiger partial charge in [0.25, 0.3) is 5.56 Å². The fourth-order valence-electron chi connectivity index (χ4n) is 3.59. The Balaban J connectivity index is 1.85. The smallest absolute Gasteiger partial charge is 0.359 e. The molecular formula is C23H27N3O5. The number of ketones is 1. The molecule has 0 unspecified atom stereocenters. The highest BCUT2D eigenvalue weighted by Gasteiger charge is 2.22. The average Bonchev–Trinajstić information content (AvgIpc) is 3.04. The third-order valence-electron chi connectivity index (χ3n) is 5.24. The van der Waals surface area contributed by atoms with Gasteiger partial charge in [0.15, 0.2) is 12.3 Å². The van der Waals surface area contributed by atoms with E-state index in [-0.39, 0.29) is 23.1 Å². The molecule has 2 heterocycles. The standard InChI is InChI=1S/C23H27N3O5/c1-14(2)26-22(28)18-9-7-6-8-17(18)21(24-26)23(29)31-13-20(27)19-12-15(3)25(16(19)4)10-11-30-5/h6-9,12,14H,10-11,13H2,1-5H3. The molecular weight excluding hydrogens is 398 g/mol. The van der Waals surface area contributed by atoms with Gasteiger partial charge in [-0.05, 0) is 39.8 Å². The van der Waals surface area contributed by atoms with Gasteiger partial charge >= 0.3 is 5.97 Å².